The van der Waals surface area contributed by atoms with Gasteiger partial charge in [-0.05, 0) is 35.1 Å². The molecule has 0 atom stereocenters. The normalized spacial score (nSPS) is 15.4. The van der Waals surface area contributed by atoms with E-state index in [-0.39, 0.29) is 32.1 Å². The number of carboxylic acid groups (broad SMARTS) is 1. The lowest BCUT2D eigenvalue weighted by Crippen LogP contribution is -2.44. The summed E-state index contributed by atoms with van der Waals surface area (Å²) in [6.45, 7) is -0.696. The Labute approximate surface area is 185 Å². The molecule has 0 unspecified atom stereocenters. The molecule has 4 rings (SSSR count). The van der Waals surface area contributed by atoms with Crippen molar-refractivity contribution in [3.8, 4) is 11.1 Å². The molecular formula is C24H26N2O6. The van der Waals surface area contributed by atoms with Crippen LogP contribution in [0.3, 0.4) is 0 Å². The SMILES string of the molecule is O=C(O)CN(CCO)C(=O)CC1(NC(=O)OCC2c3ccccc3-c3ccccc32)CC1. The van der Waals surface area contributed by atoms with Crippen LogP contribution in [0.25, 0.3) is 11.1 Å². The second-order valence-electron chi connectivity index (χ2n) is 8.34. The highest BCUT2D eigenvalue weighted by Crippen LogP contribution is 2.44. The number of nitrogens with zero attached hydrogens (tertiary/aromatic N) is 1. The maximum absolute atomic E-state index is 12.5. The fourth-order valence-corrected chi connectivity index (χ4v) is 4.33. The molecule has 0 aliphatic heterocycles. The number of fused-ring (bicyclic) bond motifs is 3. The summed E-state index contributed by atoms with van der Waals surface area (Å²) in [5.41, 5.74) is 3.80. The molecule has 2 amide bonds. The monoisotopic (exact) mass is 438 g/mol. The van der Waals surface area contributed by atoms with Crippen LogP contribution in [0.15, 0.2) is 48.5 Å². The summed E-state index contributed by atoms with van der Waals surface area (Å²) < 4.78 is 5.56. The first-order valence-corrected chi connectivity index (χ1v) is 10.7. The number of carbonyl (C=O) groups excluding carboxylic acids is 2. The van der Waals surface area contributed by atoms with Gasteiger partial charge in [0.15, 0.2) is 0 Å². The molecule has 0 radical (unpaired) electrons. The number of hydrogen-bond donors (Lipinski definition) is 3. The maximum atomic E-state index is 12.5. The minimum Gasteiger partial charge on any atom is -0.480 e. The standard InChI is InChI=1S/C24H26N2O6/c27-12-11-26(14-22(29)30)21(28)13-24(9-10-24)25-23(31)32-15-20-18-7-3-1-5-16(18)17-6-2-4-8-19(17)20/h1-8,20,27H,9-15H2,(H,25,31)(H,29,30). The van der Waals surface area contributed by atoms with Crippen LogP contribution in [0.5, 0.6) is 0 Å². The average Bonchev–Trinajstić information content (AvgIpc) is 3.44. The minimum absolute atomic E-state index is 0.0233. The Bertz CT molecular complexity index is 987. The van der Waals surface area contributed by atoms with Gasteiger partial charge in [0.25, 0.3) is 0 Å². The van der Waals surface area contributed by atoms with Gasteiger partial charge < -0.3 is 25.2 Å². The zero-order chi connectivity index (χ0) is 22.7. The third-order valence-corrected chi connectivity index (χ3v) is 6.10. The number of carboxylic acids is 1. The van der Waals surface area contributed by atoms with Crippen molar-refractivity contribution >= 4 is 18.0 Å². The molecule has 8 heteroatoms. The van der Waals surface area contributed by atoms with Gasteiger partial charge in [-0.25, -0.2) is 4.79 Å². The summed E-state index contributed by atoms with van der Waals surface area (Å²) in [5.74, 6) is -1.63. The number of benzene rings is 2. The van der Waals surface area contributed by atoms with E-state index in [9.17, 15) is 14.4 Å². The van der Waals surface area contributed by atoms with E-state index in [1.165, 1.54) is 0 Å². The van der Waals surface area contributed by atoms with E-state index in [1.54, 1.807) is 0 Å². The molecule has 0 heterocycles. The van der Waals surface area contributed by atoms with Crippen LogP contribution in [-0.4, -0.2) is 64.9 Å². The Morgan fingerprint density at radius 1 is 1.03 bits per heavy atom. The van der Waals surface area contributed by atoms with E-state index < -0.39 is 30.1 Å². The lowest BCUT2D eigenvalue weighted by atomic mass is 9.98. The molecule has 2 aliphatic rings. The fourth-order valence-electron chi connectivity index (χ4n) is 4.33. The van der Waals surface area contributed by atoms with Crippen molar-refractivity contribution in [2.45, 2.75) is 30.7 Å². The highest BCUT2D eigenvalue weighted by atomic mass is 16.5. The molecule has 168 valence electrons. The van der Waals surface area contributed by atoms with Gasteiger partial charge in [-0.2, -0.15) is 0 Å². The molecule has 32 heavy (non-hydrogen) atoms. The van der Waals surface area contributed by atoms with Gasteiger partial charge in [0, 0.05) is 12.5 Å². The Morgan fingerprint density at radius 2 is 1.62 bits per heavy atom. The van der Waals surface area contributed by atoms with Crippen molar-refractivity contribution in [1.82, 2.24) is 10.2 Å². The van der Waals surface area contributed by atoms with Gasteiger partial charge in [0.2, 0.25) is 5.91 Å². The van der Waals surface area contributed by atoms with E-state index >= 15 is 0 Å². The Kier molecular flexibility index (Phi) is 6.14. The van der Waals surface area contributed by atoms with Gasteiger partial charge in [0.05, 0.1) is 18.6 Å². The number of aliphatic hydroxyl groups excluding tert-OH is 1. The Morgan fingerprint density at radius 3 is 2.16 bits per heavy atom. The Hall–Kier alpha value is -3.39. The van der Waals surface area contributed by atoms with Gasteiger partial charge in [-0.1, -0.05) is 48.5 Å². The maximum Gasteiger partial charge on any atom is 0.407 e. The van der Waals surface area contributed by atoms with Crippen molar-refractivity contribution in [3.05, 3.63) is 59.7 Å². The largest absolute Gasteiger partial charge is 0.480 e. The number of hydrogen-bond acceptors (Lipinski definition) is 5. The molecule has 8 nitrogen and oxygen atoms in total. The summed E-state index contributed by atoms with van der Waals surface area (Å²) in [4.78, 5) is 37.1. The molecule has 2 aromatic rings. The first kappa shape index (κ1) is 21.8. The molecule has 0 spiro atoms. The first-order chi connectivity index (χ1) is 15.4. The molecule has 0 saturated heterocycles. The predicted octanol–water partition coefficient (Wildman–Crippen LogP) is 2.35. The van der Waals surface area contributed by atoms with Gasteiger partial charge in [-0.3, -0.25) is 9.59 Å². The number of ether oxygens (including phenoxy) is 1. The molecule has 3 N–H and O–H groups in total. The third-order valence-electron chi connectivity index (χ3n) is 6.10. The van der Waals surface area contributed by atoms with Crippen molar-refractivity contribution in [3.63, 3.8) is 0 Å². The first-order valence-electron chi connectivity index (χ1n) is 10.7. The van der Waals surface area contributed by atoms with Crippen molar-refractivity contribution in [1.29, 1.82) is 0 Å². The topological polar surface area (TPSA) is 116 Å². The summed E-state index contributed by atoms with van der Waals surface area (Å²) in [6.07, 6.45) is 0.611. The molecular weight excluding hydrogens is 412 g/mol. The van der Waals surface area contributed by atoms with Crippen LogP contribution in [0, 0.1) is 0 Å². The summed E-state index contributed by atoms with van der Waals surface area (Å²) >= 11 is 0. The van der Waals surface area contributed by atoms with Crippen LogP contribution in [0.1, 0.15) is 36.3 Å². The van der Waals surface area contributed by atoms with Crippen molar-refractivity contribution in [2.75, 3.05) is 26.3 Å². The van der Waals surface area contributed by atoms with Crippen LogP contribution >= 0.6 is 0 Å². The number of carbonyl (C=O) groups is 3. The van der Waals surface area contributed by atoms with Crippen LogP contribution < -0.4 is 5.32 Å². The van der Waals surface area contributed by atoms with Crippen LogP contribution in [-0.2, 0) is 14.3 Å². The molecule has 2 aromatic carbocycles. The second-order valence-corrected chi connectivity index (χ2v) is 8.34. The zero-order valence-electron chi connectivity index (χ0n) is 17.6. The molecule has 1 saturated carbocycles. The van der Waals surface area contributed by atoms with E-state index in [2.05, 4.69) is 17.4 Å². The Balaban J connectivity index is 1.36. The highest BCUT2D eigenvalue weighted by Gasteiger charge is 2.47. The summed E-state index contributed by atoms with van der Waals surface area (Å²) in [6, 6.07) is 16.1. The lowest BCUT2D eigenvalue weighted by molar-refractivity contribution is -0.145. The minimum atomic E-state index is -1.15. The molecule has 0 bridgehead atoms. The van der Waals surface area contributed by atoms with E-state index in [0.717, 1.165) is 27.2 Å². The number of nitrogens with one attached hydrogen (secondary N) is 1. The summed E-state index contributed by atoms with van der Waals surface area (Å²) in [7, 11) is 0. The quantitative estimate of drug-likeness (QED) is 0.554. The fraction of sp³-hybridized carbons (Fsp3) is 0.375. The van der Waals surface area contributed by atoms with Crippen LogP contribution in [0.4, 0.5) is 4.79 Å². The summed E-state index contributed by atoms with van der Waals surface area (Å²) in [5, 5.41) is 20.9. The highest BCUT2D eigenvalue weighted by molar-refractivity contribution is 5.83. The number of amides is 2. The smallest absolute Gasteiger partial charge is 0.407 e. The lowest BCUT2D eigenvalue weighted by Gasteiger charge is -2.24. The third kappa shape index (κ3) is 4.60. The zero-order valence-corrected chi connectivity index (χ0v) is 17.6. The second kappa shape index (κ2) is 9.00. The molecule has 2 aliphatic carbocycles. The number of aliphatic hydroxyl groups is 1. The van der Waals surface area contributed by atoms with Gasteiger partial charge >= 0.3 is 12.1 Å². The number of rotatable bonds is 9. The van der Waals surface area contributed by atoms with Crippen molar-refractivity contribution < 1.29 is 29.3 Å². The molecule has 0 aromatic heterocycles. The van der Waals surface area contributed by atoms with E-state index in [1.807, 2.05) is 36.4 Å². The van der Waals surface area contributed by atoms with Crippen molar-refractivity contribution in [2.24, 2.45) is 0 Å². The number of alkyl carbamates (subject to hydrolysis) is 1. The van der Waals surface area contributed by atoms with Gasteiger partial charge in [-0.15, -0.1) is 0 Å². The number of aliphatic carboxylic acids is 1. The van der Waals surface area contributed by atoms with Gasteiger partial charge in [0.1, 0.15) is 13.2 Å². The average molecular weight is 438 g/mol. The van der Waals surface area contributed by atoms with E-state index in [0.29, 0.717) is 12.8 Å². The predicted molar refractivity (Wildman–Crippen MR) is 116 cm³/mol. The van der Waals surface area contributed by atoms with E-state index in [4.69, 9.17) is 14.9 Å². The molecule has 1 fully saturated rings. The van der Waals surface area contributed by atoms with Crippen LogP contribution in [0.2, 0.25) is 0 Å².